The number of aromatic amines is 1. The van der Waals surface area contributed by atoms with E-state index in [0.717, 1.165) is 0 Å². The number of nitrogens with zero attached hydrogens (tertiary/aromatic N) is 5. The lowest BCUT2D eigenvalue weighted by Gasteiger charge is -2.06. The van der Waals surface area contributed by atoms with Crippen molar-refractivity contribution in [2.75, 3.05) is 0 Å². The zero-order chi connectivity index (χ0) is 15.0. The van der Waals surface area contributed by atoms with Gasteiger partial charge in [-0.2, -0.15) is 23.4 Å². The molecule has 0 aliphatic carbocycles. The second-order valence-corrected chi connectivity index (χ2v) is 4.54. The molecule has 1 N–H and O–H groups in total. The summed E-state index contributed by atoms with van der Waals surface area (Å²) in [5, 5.41) is 11.5. The van der Waals surface area contributed by atoms with Crippen LogP contribution >= 0.6 is 0 Å². The third-order valence-electron chi connectivity index (χ3n) is 2.94. The molecule has 0 unspecified atom stereocenters. The third kappa shape index (κ3) is 2.71. The first-order valence-electron chi connectivity index (χ1n) is 6.22. The first-order valence-corrected chi connectivity index (χ1v) is 6.22. The normalized spacial score (nSPS) is 12.2. The number of nitrogens with one attached hydrogen (secondary N) is 1. The van der Waals surface area contributed by atoms with E-state index in [4.69, 9.17) is 0 Å². The molecule has 0 atom stereocenters. The molecule has 0 saturated carbocycles. The monoisotopic (exact) mass is 296 g/mol. The van der Waals surface area contributed by atoms with Crippen molar-refractivity contribution in [1.82, 2.24) is 29.9 Å². The highest BCUT2D eigenvalue weighted by molar-refractivity contribution is 5.88. The molecule has 110 valence electrons. The summed E-state index contributed by atoms with van der Waals surface area (Å²) in [6, 6.07) is 3.44. The van der Waals surface area contributed by atoms with Gasteiger partial charge in [-0.1, -0.05) is 0 Å². The number of halogens is 3. The summed E-state index contributed by atoms with van der Waals surface area (Å²) in [7, 11) is 0. The molecular formula is C12H11F3N6. The topological polar surface area (TPSA) is 72.3 Å². The van der Waals surface area contributed by atoms with Crippen molar-refractivity contribution in [2.24, 2.45) is 0 Å². The van der Waals surface area contributed by atoms with Gasteiger partial charge in [0, 0.05) is 6.20 Å². The molecule has 3 aromatic rings. The lowest BCUT2D eigenvalue weighted by molar-refractivity contribution is -0.137. The second-order valence-electron chi connectivity index (χ2n) is 4.54. The second kappa shape index (κ2) is 4.83. The maximum absolute atomic E-state index is 12.4. The molecule has 3 heterocycles. The van der Waals surface area contributed by atoms with Crippen LogP contribution in [0.5, 0.6) is 0 Å². The number of H-pyrrole nitrogens is 1. The van der Waals surface area contributed by atoms with E-state index in [-0.39, 0.29) is 6.54 Å². The molecule has 3 aromatic heterocycles. The average molecular weight is 296 g/mol. The minimum absolute atomic E-state index is 0.288. The summed E-state index contributed by atoms with van der Waals surface area (Å²) in [4.78, 5) is 8.27. The van der Waals surface area contributed by atoms with Gasteiger partial charge in [0.25, 0.3) is 0 Å². The lowest BCUT2D eigenvalue weighted by atomic mass is 10.2. The fourth-order valence-corrected chi connectivity index (χ4v) is 2.02. The molecule has 9 heteroatoms. The SMILES string of the molecule is Cc1n[nH]c(-c2nn(CCC(F)(F)F)c3ncccc23)n1. The molecule has 0 aliphatic rings. The summed E-state index contributed by atoms with van der Waals surface area (Å²) in [5.74, 6) is 0.947. The van der Waals surface area contributed by atoms with E-state index in [9.17, 15) is 13.2 Å². The molecule has 0 saturated heterocycles. The molecule has 0 spiro atoms. The largest absolute Gasteiger partial charge is 0.390 e. The molecule has 0 radical (unpaired) electrons. The average Bonchev–Trinajstić information content (AvgIpc) is 2.99. The van der Waals surface area contributed by atoms with E-state index in [0.29, 0.717) is 28.4 Å². The number of hydrogen-bond acceptors (Lipinski definition) is 4. The van der Waals surface area contributed by atoms with E-state index < -0.39 is 12.6 Å². The molecule has 0 aromatic carbocycles. The highest BCUT2D eigenvalue weighted by Crippen LogP contribution is 2.26. The van der Waals surface area contributed by atoms with Crippen LogP contribution in [0.3, 0.4) is 0 Å². The van der Waals surface area contributed by atoms with E-state index >= 15 is 0 Å². The van der Waals surface area contributed by atoms with Gasteiger partial charge in [-0.15, -0.1) is 0 Å². The van der Waals surface area contributed by atoms with Crippen LogP contribution in [0.4, 0.5) is 13.2 Å². The Balaban J connectivity index is 2.06. The number of hydrogen-bond donors (Lipinski definition) is 1. The van der Waals surface area contributed by atoms with Crippen molar-refractivity contribution in [1.29, 1.82) is 0 Å². The summed E-state index contributed by atoms with van der Waals surface area (Å²) in [6.45, 7) is 1.42. The smallest absolute Gasteiger partial charge is 0.258 e. The number of aromatic nitrogens is 6. The van der Waals surface area contributed by atoms with Gasteiger partial charge in [-0.05, 0) is 19.1 Å². The fourth-order valence-electron chi connectivity index (χ4n) is 2.02. The maximum Gasteiger partial charge on any atom is 0.390 e. The minimum atomic E-state index is -4.24. The Kier molecular flexibility index (Phi) is 3.11. The molecule has 0 fully saturated rings. The fraction of sp³-hybridized carbons (Fsp3) is 0.333. The van der Waals surface area contributed by atoms with Gasteiger partial charge in [0.15, 0.2) is 11.5 Å². The van der Waals surface area contributed by atoms with E-state index in [1.165, 1.54) is 10.9 Å². The summed E-state index contributed by atoms with van der Waals surface area (Å²) < 4.78 is 38.4. The number of pyridine rings is 1. The first-order chi connectivity index (χ1) is 9.94. The molecule has 21 heavy (non-hydrogen) atoms. The zero-order valence-corrected chi connectivity index (χ0v) is 11.0. The van der Waals surface area contributed by atoms with E-state index in [1.54, 1.807) is 19.1 Å². The van der Waals surface area contributed by atoms with Crippen LogP contribution in [0, 0.1) is 6.92 Å². The molecule has 0 amide bonds. The van der Waals surface area contributed by atoms with E-state index in [1.807, 2.05) is 0 Å². The van der Waals surface area contributed by atoms with Crippen molar-refractivity contribution in [2.45, 2.75) is 26.1 Å². The van der Waals surface area contributed by atoms with Gasteiger partial charge in [0.2, 0.25) is 0 Å². The Hall–Kier alpha value is -2.45. The lowest BCUT2D eigenvalue weighted by Crippen LogP contribution is -2.13. The Morgan fingerprint density at radius 1 is 1.33 bits per heavy atom. The predicted molar refractivity (Wildman–Crippen MR) is 68.3 cm³/mol. The highest BCUT2D eigenvalue weighted by atomic mass is 19.4. The van der Waals surface area contributed by atoms with Gasteiger partial charge in [-0.25, -0.2) is 14.6 Å². The number of fused-ring (bicyclic) bond motifs is 1. The maximum atomic E-state index is 12.4. The van der Waals surface area contributed by atoms with Crippen molar-refractivity contribution < 1.29 is 13.2 Å². The Morgan fingerprint density at radius 2 is 2.14 bits per heavy atom. The quantitative estimate of drug-likeness (QED) is 0.806. The Morgan fingerprint density at radius 3 is 2.81 bits per heavy atom. The number of alkyl halides is 3. The van der Waals surface area contributed by atoms with Crippen LogP contribution in [-0.2, 0) is 6.54 Å². The predicted octanol–water partition coefficient (Wildman–Crippen LogP) is 2.48. The summed E-state index contributed by atoms with van der Waals surface area (Å²) >= 11 is 0. The molecule has 6 nitrogen and oxygen atoms in total. The van der Waals surface area contributed by atoms with Crippen molar-refractivity contribution in [3.8, 4) is 11.5 Å². The van der Waals surface area contributed by atoms with Crippen molar-refractivity contribution in [3.63, 3.8) is 0 Å². The minimum Gasteiger partial charge on any atom is -0.258 e. The highest BCUT2D eigenvalue weighted by Gasteiger charge is 2.28. The third-order valence-corrected chi connectivity index (χ3v) is 2.94. The van der Waals surface area contributed by atoms with E-state index in [2.05, 4.69) is 25.3 Å². The van der Waals surface area contributed by atoms with Crippen LogP contribution in [0.2, 0.25) is 0 Å². The Bertz CT molecular complexity index is 773. The van der Waals surface area contributed by atoms with Crippen LogP contribution < -0.4 is 0 Å². The Labute approximate surface area is 117 Å². The van der Waals surface area contributed by atoms with Crippen LogP contribution in [0.1, 0.15) is 12.2 Å². The number of aryl methyl sites for hydroxylation is 2. The van der Waals surface area contributed by atoms with Crippen LogP contribution in [0.25, 0.3) is 22.6 Å². The van der Waals surface area contributed by atoms with Crippen molar-refractivity contribution in [3.05, 3.63) is 24.2 Å². The van der Waals surface area contributed by atoms with Gasteiger partial charge in [0.05, 0.1) is 18.4 Å². The standard InChI is InChI=1S/C12H11F3N6/c1-7-17-10(19-18-7)9-8-3-2-5-16-11(8)21(20-9)6-4-12(13,14)15/h2-3,5H,4,6H2,1H3,(H,17,18,19). The van der Waals surface area contributed by atoms with Crippen molar-refractivity contribution >= 4 is 11.0 Å². The van der Waals surface area contributed by atoms with Gasteiger partial charge < -0.3 is 0 Å². The zero-order valence-electron chi connectivity index (χ0n) is 11.0. The first kappa shape index (κ1) is 13.5. The molecule has 0 aliphatic heterocycles. The van der Waals surface area contributed by atoms with Crippen LogP contribution in [-0.4, -0.2) is 36.1 Å². The summed E-state index contributed by atoms with van der Waals surface area (Å²) in [6.07, 6.45) is -3.69. The van der Waals surface area contributed by atoms with Gasteiger partial charge in [0.1, 0.15) is 11.5 Å². The molecule has 3 rings (SSSR count). The summed E-state index contributed by atoms with van der Waals surface area (Å²) in [5.41, 5.74) is 0.840. The van der Waals surface area contributed by atoms with Crippen LogP contribution in [0.15, 0.2) is 18.3 Å². The molecule has 0 bridgehead atoms. The number of rotatable bonds is 3. The van der Waals surface area contributed by atoms with Gasteiger partial charge >= 0.3 is 6.18 Å². The molecular weight excluding hydrogens is 285 g/mol. The van der Waals surface area contributed by atoms with Gasteiger partial charge in [-0.3, -0.25) is 5.10 Å².